The maximum Gasteiger partial charge on any atom is 0.368 e. The lowest BCUT2D eigenvalue weighted by Gasteiger charge is -2.26. The van der Waals surface area contributed by atoms with Gasteiger partial charge in [-0.15, -0.1) is 0 Å². The van der Waals surface area contributed by atoms with Crippen LogP contribution in [0.5, 0.6) is 0 Å². The molecular formula is C5H10O3P. The van der Waals surface area contributed by atoms with Crippen molar-refractivity contribution in [1.82, 2.24) is 0 Å². The molecule has 4 heteroatoms. The summed E-state index contributed by atoms with van der Waals surface area (Å²) < 4.78 is 20.0. The van der Waals surface area contributed by atoms with E-state index >= 15 is 0 Å². The van der Waals surface area contributed by atoms with Crippen LogP contribution in [0.1, 0.15) is 13.8 Å². The smallest absolute Gasteiger partial charge is 0.282 e. The lowest BCUT2D eigenvalue weighted by molar-refractivity contribution is 0.0537. The van der Waals surface area contributed by atoms with Crippen LogP contribution in [0.25, 0.3) is 0 Å². The molecule has 1 aliphatic heterocycles. The van der Waals surface area contributed by atoms with Gasteiger partial charge in [-0.05, 0) is 0 Å². The second-order valence-corrected chi connectivity index (χ2v) is 3.90. The molecule has 1 saturated heterocycles. The van der Waals surface area contributed by atoms with Crippen LogP contribution in [0.3, 0.4) is 0 Å². The quantitative estimate of drug-likeness (QED) is 0.492. The van der Waals surface area contributed by atoms with Crippen LogP contribution in [0.4, 0.5) is 0 Å². The predicted octanol–water partition coefficient (Wildman–Crippen LogP) is 1.72. The molecule has 0 bridgehead atoms. The van der Waals surface area contributed by atoms with E-state index in [9.17, 15) is 4.57 Å². The number of hydrogen-bond donors (Lipinski definition) is 0. The predicted molar refractivity (Wildman–Crippen MR) is 33.3 cm³/mol. The van der Waals surface area contributed by atoms with Gasteiger partial charge in [-0.2, -0.15) is 0 Å². The molecule has 0 aromatic rings. The van der Waals surface area contributed by atoms with Gasteiger partial charge in [-0.3, -0.25) is 9.05 Å². The molecule has 0 atom stereocenters. The summed E-state index contributed by atoms with van der Waals surface area (Å²) >= 11 is 0. The lowest BCUT2D eigenvalue weighted by atomic mass is 9.97. The summed E-state index contributed by atoms with van der Waals surface area (Å²) in [5, 5.41) is 0. The summed E-state index contributed by atoms with van der Waals surface area (Å²) in [7, 11) is -1.80. The van der Waals surface area contributed by atoms with E-state index < -0.39 is 8.25 Å². The lowest BCUT2D eigenvalue weighted by Crippen LogP contribution is -2.26. The van der Waals surface area contributed by atoms with Gasteiger partial charge < -0.3 is 0 Å². The second-order valence-electron chi connectivity index (χ2n) is 2.93. The summed E-state index contributed by atoms with van der Waals surface area (Å²) in [6, 6.07) is 0. The van der Waals surface area contributed by atoms with Crippen molar-refractivity contribution in [3.05, 3.63) is 0 Å². The molecule has 0 aromatic heterocycles. The molecule has 0 aliphatic carbocycles. The molecule has 3 nitrogen and oxygen atoms in total. The van der Waals surface area contributed by atoms with Crippen molar-refractivity contribution in [3.63, 3.8) is 0 Å². The van der Waals surface area contributed by atoms with Crippen molar-refractivity contribution >= 4 is 8.25 Å². The van der Waals surface area contributed by atoms with E-state index in [0.717, 1.165) is 0 Å². The Morgan fingerprint density at radius 3 is 2.11 bits per heavy atom. The largest absolute Gasteiger partial charge is 0.368 e. The zero-order valence-electron chi connectivity index (χ0n) is 5.59. The minimum atomic E-state index is -1.80. The zero-order valence-corrected chi connectivity index (χ0v) is 6.48. The first-order valence-electron chi connectivity index (χ1n) is 2.83. The third kappa shape index (κ3) is 2.01. The molecule has 9 heavy (non-hydrogen) atoms. The van der Waals surface area contributed by atoms with E-state index in [1.54, 1.807) is 0 Å². The van der Waals surface area contributed by atoms with E-state index in [1.165, 1.54) is 0 Å². The molecule has 0 saturated carbocycles. The van der Waals surface area contributed by atoms with Gasteiger partial charge in [0, 0.05) is 5.41 Å². The maximum atomic E-state index is 10.5. The third-order valence-electron chi connectivity index (χ3n) is 1.12. The molecule has 1 aliphatic rings. The summed E-state index contributed by atoms with van der Waals surface area (Å²) in [5.41, 5.74) is 0.0310. The Kier molecular flexibility index (Phi) is 1.85. The molecule has 0 unspecified atom stereocenters. The van der Waals surface area contributed by atoms with E-state index in [1.807, 2.05) is 13.8 Å². The van der Waals surface area contributed by atoms with Gasteiger partial charge in [-0.1, -0.05) is 13.8 Å². The maximum absolute atomic E-state index is 10.5. The van der Waals surface area contributed by atoms with Crippen molar-refractivity contribution in [3.8, 4) is 0 Å². The van der Waals surface area contributed by atoms with Gasteiger partial charge >= 0.3 is 8.25 Å². The molecule has 1 heterocycles. The van der Waals surface area contributed by atoms with E-state index in [4.69, 9.17) is 9.05 Å². The average Bonchev–Trinajstić information content (AvgIpc) is 1.78. The Balaban J connectivity index is 2.44. The van der Waals surface area contributed by atoms with Gasteiger partial charge in [0.25, 0.3) is 0 Å². The fourth-order valence-electron chi connectivity index (χ4n) is 0.534. The first-order valence-corrected chi connectivity index (χ1v) is 3.93. The van der Waals surface area contributed by atoms with Gasteiger partial charge in [0.2, 0.25) is 0 Å². The zero-order chi connectivity index (χ0) is 6.91. The highest BCUT2D eigenvalue weighted by Gasteiger charge is 2.26. The Labute approximate surface area is 55.3 Å². The molecule has 1 fully saturated rings. The molecule has 1 radical (unpaired) electrons. The fourth-order valence-corrected chi connectivity index (χ4v) is 1.52. The number of hydrogen-bond acceptors (Lipinski definition) is 3. The standard InChI is InChI=1S/C5H10O3P/c1-5(2)3-7-9(6)8-4-5/h3-4H2,1-2H3. The number of rotatable bonds is 0. The Hall–Kier alpha value is 0.0200. The van der Waals surface area contributed by atoms with Crippen molar-refractivity contribution in [2.75, 3.05) is 13.2 Å². The van der Waals surface area contributed by atoms with Gasteiger partial charge in [-0.25, -0.2) is 4.57 Å². The van der Waals surface area contributed by atoms with Gasteiger partial charge in [0.1, 0.15) is 0 Å². The molecular weight excluding hydrogens is 139 g/mol. The van der Waals surface area contributed by atoms with Crippen molar-refractivity contribution < 1.29 is 13.6 Å². The first-order chi connectivity index (χ1) is 4.10. The van der Waals surface area contributed by atoms with Gasteiger partial charge in [0.05, 0.1) is 13.2 Å². The molecule has 0 spiro atoms. The fraction of sp³-hybridized carbons (Fsp3) is 1.00. The monoisotopic (exact) mass is 149 g/mol. The summed E-state index contributed by atoms with van der Waals surface area (Å²) in [6.45, 7) is 5.08. The van der Waals surface area contributed by atoms with Gasteiger partial charge in [0.15, 0.2) is 0 Å². The van der Waals surface area contributed by atoms with Crippen LogP contribution < -0.4 is 0 Å². The highest BCUT2D eigenvalue weighted by atomic mass is 31.1. The molecule has 0 N–H and O–H groups in total. The van der Waals surface area contributed by atoms with Crippen LogP contribution in [-0.2, 0) is 13.6 Å². The summed E-state index contributed by atoms with van der Waals surface area (Å²) in [6.07, 6.45) is 0. The molecule has 53 valence electrons. The van der Waals surface area contributed by atoms with Crippen molar-refractivity contribution in [2.45, 2.75) is 13.8 Å². The van der Waals surface area contributed by atoms with Crippen LogP contribution in [0.2, 0.25) is 0 Å². The highest BCUT2D eigenvalue weighted by Crippen LogP contribution is 2.35. The minimum absolute atomic E-state index is 0.0310. The molecule has 1 rings (SSSR count). The van der Waals surface area contributed by atoms with Crippen LogP contribution in [0.15, 0.2) is 0 Å². The normalized spacial score (nSPS) is 26.2. The van der Waals surface area contributed by atoms with Crippen molar-refractivity contribution in [1.29, 1.82) is 0 Å². The second kappa shape index (κ2) is 2.33. The highest BCUT2D eigenvalue weighted by molar-refractivity contribution is 7.33. The average molecular weight is 149 g/mol. The third-order valence-corrected chi connectivity index (χ3v) is 1.80. The minimum Gasteiger partial charge on any atom is -0.282 e. The topological polar surface area (TPSA) is 35.5 Å². The SMILES string of the molecule is CC1(C)CO[P](=O)OC1. The van der Waals surface area contributed by atoms with E-state index in [2.05, 4.69) is 0 Å². The van der Waals surface area contributed by atoms with E-state index in [0.29, 0.717) is 13.2 Å². The van der Waals surface area contributed by atoms with E-state index in [-0.39, 0.29) is 5.41 Å². The first kappa shape index (κ1) is 7.13. The summed E-state index contributed by atoms with van der Waals surface area (Å²) in [4.78, 5) is 0. The van der Waals surface area contributed by atoms with Crippen LogP contribution in [0, 0.1) is 5.41 Å². The Morgan fingerprint density at radius 2 is 1.78 bits per heavy atom. The Morgan fingerprint density at radius 1 is 1.33 bits per heavy atom. The molecule has 0 amide bonds. The Bertz CT molecular complexity index is 120. The molecule has 0 aromatic carbocycles. The van der Waals surface area contributed by atoms with Crippen LogP contribution >= 0.6 is 8.25 Å². The summed E-state index contributed by atoms with van der Waals surface area (Å²) in [5.74, 6) is 0. The van der Waals surface area contributed by atoms with Crippen molar-refractivity contribution in [2.24, 2.45) is 5.41 Å². The van der Waals surface area contributed by atoms with Crippen LogP contribution in [-0.4, -0.2) is 13.2 Å².